The lowest BCUT2D eigenvalue weighted by atomic mass is 9.92. The molecule has 0 amide bonds. The second-order valence-corrected chi connectivity index (χ2v) is 4.20. The molecule has 2 rings (SSSR count). The van der Waals surface area contributed by atoms with Crippen molar-refractivity contribution in [3.8, 4) is 0 Å². The van der Waals surface area contributed by atoms with Crippen molar-refractivity contribution in [1.82, 2.24) is 4.98 Å². The number of hydrogen-bond donors (Lipinski definition) is 1. The number of hydrogen-bond acceptors (Lipinski definition) is 3. The minimum absolute atomic E-state index is 0.765. The molecule has 1 heterocycles. The Kier molecular flexibility index (Phi) is 3.04. The highest BCUT2D eigenvalue weighted by molar-refractivity contribution is 6.02. The molecule has 84 valence electrons. The van der Waals surface area contributed by atoms with Gasteiger partial charge in [0, 0.05) is 11.4 Å². The molecule has 0 saturated carbocycles. The summed E-state index contributed by atoms with van der Waals surface area (Å²) >= 11 is 0. The van der Waals surface area contributed by atoms with Crippen molar-refractivity contribution in [3.63, 3.8) is 0 Å². The largest absolute Gasteiger partial charge is 0.411 e. The first kappa shape index (κ1) is 10.9. The fourth-order valence-electron chi connectivity index (χ4n) is 2.12. The van der Waals surface area contributed by atoms with Gasteiger partial charge in [0.25, 0.3) is 0 Å². The average molecular weight is 216 g/mol. The average Bonchev–Trinajstić information content (AvgIpc) is 2.29. The number of oxime groups is 1. The minimum Gasteiger partial charge on any atom is -0.411 e. The number of nitrogens with zero attached hydrogens (tertiary/aromatic N) is 2. The van der Waals surface area contributed by atoms with Crippen LogP contribution in [0.1, 0.15) is 36.2 Å². The van der Waals surface area contributed by atoms with E-state index in [0.717, 1.165) is 36.4 Å². The zero-order chi connectivity index (χ0) is 11.5. The monoisotopic (exact) mass is 216 g/mol. The summed E-state index contributed by atoms with van der Waals surface area (Å²) in [6.07, 6.45) is 4.91. The van der Waals surface area contributed by atoms with Crippen LogP contribution in [0, 0.1) is 13.8 Å². The highest BCUT2D eigenvalue weighted by Crippen LogP contribution is 2.27. The zero-order valence-electron chi connectivity index (χ0n) is 9.70. The SMILES string of the molecule is Cc1ccc(C2=C/C(=N/O)CCC2)c(C)n1. The van der Waals surface area contributed by atoms with Crippen LogP contribution >= 0.6 is 0 Å². The summed E-state index contributed by atoms with van der Waals surface area (Å²) in [5.74, 6) is 0. The highest BCUT2D eigenvalue weighted by Gasteiger charge is 2.12. The molecule has 0 fully saturated rings. The standard InChI is InChI=1S/C13H16N2O/c1-9-6-7-13(10(2)14-9)11-4-3-5-12(8-11)15-16/h6-8,16H,3-5H2,1-2H3/b15-12+. The third-order valence-corrected chi connectivity index (χ3v) is 2.92. The van der Waals surface area contributed by atoms with Crippen LogP contribution in [0.2, 0.25) is 0 Å². The Balaban J connectivity index is 2.40. The van der Waals surface area contributed by atoms with Crippen molar-refractivity contribution in [2.45, 2.75) is 33.1 Å². The van der Waals surface area contributed by atoms with Crippen molar-refractivity contribution in [3.05, 3.63) is 35.2 Å². The normalized spacial score (nSPS) is 18.6. The maximum absolute atomic E-state index is 8.80. The van der Waals surface area contributed by atoms with Gasteiger partial charge in [0.1, 0.15) is 0 Å². The van der Waals surface area contributed by atoms with Gasteiger partial charge in [-0.25, -0.2) is 0 Å². The molecule has 0 saturated heterocycles. The molecule has 0 aromatic carbocycles. The molecular formula is C13H16N2O. The second kappa shape index (κ2) is 4.47. The van der Waals surface area contributed by atoms with E-state index in [4.69, 9.17) is 5.21 Å². The third-order valence-electron chi connectivity index (χ3n) is 2.92. The molecule has 1 aliphatic rings. The summed E-state index contributed by atoms with van der Waals surface area (Å²) < 4.78 is 0. The molecule has 0 bridgehead atoms. The van der Waals surface area contributed by atoms with Crippen LogP contribution in [-0.2, 0) is 0 Å². The van der Waals surface area contributed by atoms with Gasteiger partial charge < -0.3 is 5.21 Å². The zero-order valence-corrected chi connectivity index (χ0v) is 9.70. The van der Waals surface area contributed by atoms with Crippen LogP contribution in [0.25, 0.3) is 5.57 Å². The molecule has 1 aromatic heterocycles. The number of aromatic nitrogens is 1. The van der Waals surface area contributed by atoms with E-state index in [1.54, 1.807) is 0 Å². The molecule has 0 radical (unpaired) electrons. The molecule has 16 heavy (non-hydrogen) atoms. The topological polar surface area (TPSA) is 45.5 Å². The van der Waals surface area contributed by atoms with Crippen LogP contribution in [0.4, 0.5) is 0 Å². The van der Waals surface area contributed by atoms with Gasteiger partial charge in [-0.15, -0.1) is 0 Å². The van der Waals surface area contributed by atoms with Gasteiger partial charge in [-0.05, 0) is 56.4 Å². The molecule has 1 aromatic rings. The Morgan fingerprint density at radius 3 is 2.75 bits per heavy atom. The molecule has 3 heteroatoms. The Morgan fingerprint density at radius 1 is 1.25 bits per heavy atom. The van der Waals surface area contributed by atoms with Gasteiger partial charge in [-0.3, -0.25) is 4.98 Å². The van der Waals surface area contributed by atoms with Gasteiger partial charge in [0.15, 0.2) is 0 Å². The number of aryl methyl sites for hydroxylation is 2. The molecule has 0 spiro atoms. The van der Waals surface area contributed by atoms with E-state index in [-0.39, 0.29) is 0 Å². The van der Waals surface area contributed by atoms with Crippen LogP contribution in [0.15, 0.2) is 23.4 Å². The van der Waals surface area contributed by atoms with Crippen molar-refractivity contribution < 1.29 is 5.21 Å². The van der Waals surface area contributed by atoms with Crippen molar-refractivity contribution in [1.29, 1.82) is 0 Å². The Morgan fingerprint density at radius 2 is 2.06 bits per heavy atom. The van der Waals surface area contributed by atoms with E-state index in [1.807, 2.05) is 26.0 Å². The van der Waals surface area contributed by atoms with Crippen LogP contribution < -0.4 is 0 Å². The molecule has 1 aliphatic carbocycles. The highest BCUT2D eigenvalue weighted by atomic mass is 16.4. The van der Waals surface area contributed by atoms with Gasteiger partial charge in [-0.1, -0.05) is 11.2 Å². The van der Waals surface area contributed by atoms with E-state index in [0.29, 0.717) is 0 Å². The second-order valence-electron chi connectivity index (χ2n) is 4.20. The lowest BCUT2D eigenvalue weighted by molar-refractivity contribution is 0.318. The number of allylic oxidation sites excluding steroid dienone is 2. The quantitative estimate of drug-likeness (QED) is 0.579. The van der Waals surface area contributed by atoms with Crippen LogP contribution in [0.5, 0.6) is 0 Å². The number of rotatable bonds is 1. The van der Waals surface area contributed by atoms with Crippen molar-refractivity contribution in [2.24, 2.45) is 5.16 Å². The molecule has 1 N–H and O–H groups in total. The maximum atomic E-state index is 8.80. The van der Waals surface area contributed by atoms with E-state index in [1.165, 1.54) is 11.1 Å². The van der Waals surface area contributed by atoms with Crippen molar-refractivity contribution in [2.75, 3.05) is 0 Å². The fraction of sp³-hybridized carbons (Fsp3) is 0.385. The lowest BCUT2D eigenvalue weighted by Crippen LogP contribution is -2.04. The first-order valence-electron chi connectivity index (χ1n) is 5.57. The Bertz CT molecular complexity index is 461. The first-order valence-corrected chi connectivity index (χ1v) is 5.57. The smallest absolute Gasteiger partial charge is 0.0798 e. The van der Waals surface area contributed by atoms with E-state index >= 15 is 0 Å². The van der Waals surface area contributed by atoms with Gasteiger partial charge in [0.2, 0.25) is 0 Å². The summed E-state index contributed by atoms with van der Waals surface area (Å²) in [4.78, 5) is 4.46. The van der Waals surface area contributed by atoms with Crippen LogP contribution in [-0.4, -0.2) is 15.9 Å². The van der Waals surface area contributed by atoms with Gasteiger partial charge in [0.05, 0.1) is 5.71 Å². The molecule has 0 aliphatic heterocycles. The molecule has 0 atom stereocenters. The van der Waals surface area contributed by atoms with E-state index < -0.39 is 0 Å². The summed E-state index contributed by atoms with van der Waals surface area (Å²) in [5, 5.41) is 12.1. The first-order chi connectivity index (χ1) is 7.70. The maximum Gasteiger partial charge on any atom is 0.0798 e. The fourth-order valence-corrected chi connectivity index (χ4v) is 2.12. The molecule has 0 unspecified atom stereocenters. The molecule has 3 nitrogen and oxygen atoms in total. The van der Waals surface area contributed by atoms with Crippen LogP contribution in [0.3, 0.4) is 0 Å². The number of pyridine rings is 1. The lowest BCUT2D eigenvalue weighted by Gasteiger charge is -2.15. The Labute approximate surface area is 95.5 Å². The summed E-state index contributed by atoms with van der Waals surface area (Å²) in [6, 6.07) is 4.12. The summed E-state index contributed by atoms with van der Waals surface area (Å²) in [7, 11) is 0. The van der Waals surface area contributed by atoms with E-state index in [9.17, 15) is 0 Å². The summed E-state index contributed by atoms with van der Waals surface area (Å²) in [6.45, 7) is 4.01. The predicted octanol–water partition coefficient (Wildman–Crippen LogP) is 3.10. The molecular weight excluding hydrogens is 200 g/mol. The van der Waals surface area contributed by atoms with E-state index in [2.05, 4.69) is 16.2 Å². The van der Waals surface area contributed by atoms with Gasteiger partial charge in [-0.2, -0.15) is 0 Å². The minimum atomic E-state index is 0.765. The summed E-state index contributed by atoms with van der Waals surface area (Å²) in [5.41, 5.74) is 5.25. The van der Waals surface area contributed by atoms with Gasteiger partial charge >= 0.3 is 0 Å². The predicted molar refractivity (Wildman–Crippen MR) is 64.8 cm³/mol. The van der Waals surface area contributed by atoms with Crippen molar-refractivity contribution >= 4 is 11.3 Å². The third kappa shape index (κ3) is 2.13. The Hall–Kier alpha value is -1.64.